The van der Waals surface area contributed by atoms with Crippen LogP contribution in [0, 0.1) is 0 Å². The number of carbonyl (C=O) groups excluding carboxylic acids is 1. The third-order valence-electron chi connectivity index (χ3n) is 5.53. The van der Waals surface area contributed by atoms with Crippen LogP contribution in [0.3, 0.4) is 0 Å². The lowest BCUT2D eigenvalue weighted by Crippen LogP contribution is -2.34. The summed E-state index contributed by atoms with van der Waals surface area (Å²) in [5, 5.41) is 5.16. The van der Waals surface area contributed by atoms with Gasteiger partial charge in [0.05, 0.1) is 31.2 Å². The van der Waals surface area contributed by atoms with E-state index in [2.05, 4.69) is 5.32 Å². The maximum absolute atomic E-state index is 13.0. The normalized spacial score (nSPS) is 11.2. The van der Waals surface area contributed by atoms with Gasteiger partial charge in [-0.25, -0.2) is 4.98 Å². The van der Waals surface area contributed by atoms with Crippen molar-refractivity contribution in [1.29, 1.82) is 0 Å². The largest absolute Gasteiger partial charge is 0.497 e. The van der Waals surface area contributed by atoms with Crippen molar-refractivity contribution in [3.05, 3.63) is 89.3 Å². The number of aromatic nitrogens is 1. The van der Waals surface area contributed by atoms with E-state index in [-0.39, 0.29) is 19.0 Å². The number of nitrogens with one attached hydrogen (secondary N) is 1. The summed E-state index contributed by atoms with van der Waals surface area (Å²) in [7, 11) is 3.13. The molecule has 1 heterocycles. The minimum atomic E-state index is -4.45. The molecule has 4 aromatic rings. The third kappa shape index (κ3) is 6.39. The van der Waals surface area contributed by atoms with Crippen molar-refractivity contribution in [1.82, 2.24) is 10.3 Å². The summed E-state index contributed by atoms with van der Waals surface area (Å²) < 4.78 is 49.8. The lowest BCUT2D eigenvalue weighted by Gasteiger charge is -2.23. The fourth-order valence-electron chi connectivity index (χ4n) is 3.65. The van der Waals surface area contributed by atoms with Gasteiger partial charge in [0.25, 0.3) is 0 Å². The number of alkyl halides is 3. The molecular formula is C27H24F3N3O3S. The van der Waals surface area contributed by atoms with Crippen LogP contribution in [0.1, 0.15) is 11.1 Å². The first-order valence-electron chi connectivity index (χ1n) is 11.2. The second kappa shape index (κ2) is 11.3. The van der Waals surface area contributed by atoms with Gasteiger partial charge < -0.3 is 19.7 Å². The number of benzene rings is 3. The van der Waals surface area contributed by atoms with Crippen molar-refractivity contribution in [2.75, 3.05) is 25.7 Å². The van der Waals surface area contributed by atoms with Crippen LogP contribution in [-0.2, 0) is 17.5 Å². The fourth-order valence-corrected chi connectivity index (χ4v) is 4.50. The van der Waals surface area contributed by atoms with Gasteiger partial charge in [0.15, 0.2) is 5.13 Å². The lowest BCUT2D eigenvalue weighted by molar-refractivity contribution is -0.137. The van der Waals surface area contributed by atoms with Crippen LogP contribution in [0.4, 0.5) is 24.0 Å². The number of methoxy groups -OCH3 is 2. The maximum Gasteiger partial charge on any atom is 0.416 e. The van der Waals surface area contributed by atoms with Crippen LogP contribution in [0.15, 0.2) is 78.2 Å². The van der Waals surface area contributed by atoms with E-state index in [4.69, 9.17) is 14.5 Å². The Kier molecular flexibility index (Phi) is 7.98. The molecule has 3 aromatic carbocycles. The zero-order valence-corrected chi connectivity index (χ0v) is 20.9. The number of amides is 1. The van der Waals surface area contributed by atoms with Gasteiger partial charge in [0.1, 0.15) is 18.0 Å². The Hall–Kier alpha value is -4.05. The van der Waals surface area contributed by atoms with Crippen molar-refractivity contribution < 1.29 is 27.4 Å². The second-order valence-corrected chi connectivity index (χ2v) is 8.81. The number of rotatable bonds is 9. The van der Waals surface area contributed by atoms with E-state index in [0.29, 0.717) is 22.1 Å². The Morgan fingerprint density at radius 1 is 1.00 bits per heavy atom. The van der Waals surface area contributed by atoms with Crippen LogP contribution in [0.5, 0.6) is 11.5 Å². The molecule has 0 atom stereocenters. The highest BCUT2D eigenvalue weighted by Gasteiger charge is 2.30. The SMILES string of the molecule is COc1ccc(-c2csc(N(CC(=O)NCc3cccc(C(F)(F)F)c3)c3ccccc3OC)n2)cc1. The number of ether oxygens (including phenoxy) is 2. The minimum absolute atomic E-state index is 0.0442. The van der Waals surface area contributed by atoms with Crippen LogP contribution in [-0.4, -0.2) is 31.7 Å². The number of anilines is 2. The number of para-hydroxylation sites is 2. The molecule has 37 heavy (non-hydrogen) atoms. The molecule has 0 unspecified atom stereocenters. The van der Waals surface area contributed by atoms with Crippen molar-refractivity contribution in [3.63, 3.8) is 0 Å². The second-order valence-electron chi connectivity index (χ2n) is 7.98. The van der Waals surface area contributed by atoms with Gasteiger partial charge in [-0.3, -0.25) is 4.79 Å². The summed E-state index contributed by atoms with van der Waals surface area (Å²) in [5.74, 6) is 0.895. The topological polar surface area (TPSA) is 63.7 Å². The van der Waals surface area contributed by atoms with E-state index in [1.807, 2.05) is 47.8 Å². The first-order valence-corrected chi connectivity index (χ1v) is 12.1. The Balaban J connectivity index is 1.56. The number of thiazole rings is 1. The zero-order chi connectivity index (χ0) is 26.4. The molecule has 192 valence electrons. The maximum atomic E-state index is 13.0. The predicted molar refractivity (Wildman–Crippen MR) is 137 cm³/mol. The van der Waals surface area contributed by atoms with Crippen molar-refractivity contribution in [2.45, 2.75) is 12.7 Å². The number of halogens is 3. The number of nitrogens with zero attached hydrogens (tertiary/aromatic N) is 2. The summed E-state index contributed by atoms with van der Waals surface area (Å²) in [6.45, 7) is -0.160. The van der Waals surface area contributed by atoms with E-state index in [1.165, 1.54) is 30.6 Å². The highest BCUT2D eigenvalue weighted by atomic mass is 32.1. The quantitative estimate of drug-likeness (QED) is 0.277. The number of carbonyl (C=O) groups is 1. The smallest absolute Gasteiger partial charge is 0.416 e. The van der Waals surface area contributed by atoms with Gasteiger partial charge in [-0.15, -0.1) is 11.3 Å². The van der Waals surface area contributed by atoms with Gasteiger partial charge in [-0.05, 0) is 54.1 Å². The van der Waals surface area contributed by atoms with Gasteiger partial charge >= 0.3 is 6.18 Å². The molecule has 6 nitrogen and oxygen atoms in total. The first kappa shape index (κ1) is 26.0. The van der Waals surface area contributed by atoms with E-state index < -0.39 is 11.7 Å². The third-order valence-corrected chi connectivity index (χ3v) is 6.39. The molecule has 1 amide bonds. The molecule has 0 saturated carbocycles. The molecule has 0 aliphatic rings. The zero-order valence-electron chi connectivity index (χ0n) is 20.1. The molecule has 0 saturated heterocycles. The molecule has 10 heteroatoms. The minimum Gasteiger partial charge on any atom is -0.497 e. The van der Waals surface area contributed by atoms with Crippen LogP contribution >= 0.6 is 11.3 Å². The number of hydrogen-bond acceptors (Lipinski definition) is 6. The molecule has 0 fully saturated rings. The molecule has 4 rings (SSSR count). The van der Waals surface area contributed by atoms with Gasteiger partial charge in [0.2, 0.25) is 5.91 Å². The Labute approximate surface area is 216 Å². The predicted octanol–water partition coefficient (Wildman–Crippen LogP) is 6.30. The average molecular weight is 528 g/mol. The summed E-state index contributed by atoms with van der Waals surface area (Å²) in [6.07, 6.45) is -4.45. The van der Waals surface area contributed by atoms with Crippen molar-refractivity contribution >= 4 is 28.1 Å². The standard InChI is InChI=1S/C27H24F3N3O3S/c1-35-21-12-10-19(11-13-21)22-17-37-26(32-22)33(23-8-3-4-9-24(23)36-2)16-25(34)31-15-18-6-5-7-20(14-18)27(28,29)30/h3-14,17H,15-16H2,1-2H3,(H,31,34). The monoisotopic (exact) mass is 527 g/mol. The summed E-state index contributed by atoms with van der Waals surface area (Å²) in [6, 6.07) is 19.6. The van der Waals surface area contributed by atoms with E-state index in [9.17, 15) is 18.0 Å². The van der Waals surface area contributed by atoms with Crippen LogP contribution < -0.4 is 19.7 Å². The van der Waals surface area contributed by atoms with E-state index in [0.717, 1.165) is 29.1 Å². The molecule has 1 N–H and O–H groups in total. The van der Waals surface area contributed by atoms with Crippen molar-refractivity contribution in [3.8, 4) is 22.8 Å². The molecule has 0 aliphatic carbocycles. The van der Waals surface area contributed by atoms with Crippen LogP contribution in [0.2, 0.25) is 0 Å². The van der Waals surface area contributed by atoms with Gasteiger partial charge in [-0.2, -0.15) is 13.2 Å². The molecular weight excluding hydrogens is 503 g/mol. The Morgan fingerprint density at radius 3 is 2.46 bits per heavy atom. The molecule has 1 aromatic heterocycles. The molecule has 0 bridgehead atoms. The fraction of sp³-hybridized carbons (Fsp3) is 0.185. The van der Waals surface area contributed by atoms with Gasteiger partial charge in [0, 0.05) is 17.5 Å². The molecule has 0 radical (unpaired) electrons. The van der Waals surface area contributed by atoms with Crippen LogP contribution in [0.25, 0.3) is 11.3 Å². The average Bonchev–Trinajstić information content (AvgIpc) is 3.40. The first-order chi connectivity index (χ1) is 17.8. The molecule has 0 spiro atoms. The summed E-state index contributed by atoms with van der Waals surface area (Å²) in [5.41, 5.74) is 1.84. The lowest BCUT2D eigenvalue weighted by atomic mass is 10.1. The Bertz CT molecular complexity index is 1360. The molecule has 0 aliphatic heterocycles. The highest BCUT2D eigenvalue weighted by molar-refractivity contribution is 7.14. The summed E-state index contributed by atoms with van der Waals surface area (Å²) >= 11 is 1.36. The highest BCUT2D eigenvalue weighted by Crippen LogP contribution is 2.37. The van der Waals surface area contributed by atoms with Crippen molar-refractivity contribution in [2.24, 2.45) is 0 Å². The Morgan fingerprint density at radius 2 is 1.76 bits per heavy atom. The number of hydrogen-bond donors (Lipinski definition) is 1. The van der Waals surface area contributed by atoms with E-state index >= 15 is 0 Å². The summed E-state index contributed by atoms with van der Waals surface area (Å²) in [4.78, 5) is 19.4. The van der Waals surface area contributed by atoms with E-state index in [1.54, 1.807) is 18.1 Å². The van der Waals surface area contributed by atoms with Gasteiger partial charge in [-0.1, -0.05) is 24.3 Å².